The summed E-state index contributed by atoms with van der Waals surface area (Å²) in [6, 6.07) is 5.46. The smallest absolute Gasteiger partial charge is 0.352 e. The first-order valence-electron chi connectivity index (χ1n) is 4.51. The van der Waals surface area contributed by atoms with Gasteiger partial charge in [-0.1, -0.05) is 23.7 Å². The van der Waals surface area contributed by atoms with E-state index in [9.17, 15) is 4.79 Å². The van der Waals surface area contributed by atoms with Gasteiger partial charge < -0.3 is 9.67 Å². The van der Waals surface area contributed by atoms with E-state index in [1.165, 1.54) is 0 Å². The number of carbonyl (C=O) groups is 1. The van der Waals surface area contributed by atoms with Crippen LogP contribution in [0.3, 0.4) is 0 Å². The van der Waals surface area contributed by atoms with E-state index in [0.717, 1.165) is 16.5 Å². The standard InChI is InChI=1S/C11H10ClNO2/c1-6-7-4-3-5-8(12)10(7)13(2)9(6)11(14)15/h3-5H,1-2H3,(H,14,15). The van der Waals surface area contributed by atoms with Crippen LogP contribution in [0.15, 0.2) is 18.2 Å². The molecule has 0 radical (unpaired) electrons. The van der Waals surface area contributed by atoms with Crippen molar-refractivity contribution in [2.24, 2.45) is 7.05 Å². The largest absolute Gasteiger partial charge is 0.477 e. The Balaban J connectivity index is 2.98. The maximum atomic E-state index is 11.1. The number of nitrogens with zero attached hydrogens (tertiary/aromatic N) is 1. The predicted molar refractivity (Wildman–Crippen MR) is 59.6 cm³/mol. The average Bonchev–Trinajstić information content (AvgIpc) is 2.40. The summed E-state index contributed by atoms with van der Waals surface area (Å²) in [4.78, 5) is 11.1. The van der Waals surface area contributed by atoms with Crippen molar-refractivity contribution in [2.45, 2.75) is 6.92 Å². The van der Waals surface area contributed by atoms with Crippen LogP contribution < -0.4 is 0 Å². The fraction of sp³-hybridized carbons (Fsp3) is 0.182. The van der Waals surface area contributed by atoms with Crippen LogP contribution in [0, 0.1) is 6.92 Å². The van der Waals surface area contributed by atoms with Gasteiger partial charge in [0, 0.05) is 12.4 Å². The van der Waals surface area contributed by atoms with Gasteiger partial charge in [-0.25, -0.2) is 4.79 Å². The van der Waals surface area contributed by atoms with Crippen molar-refractivity contribution in [3.63, 3.8) is 0 Å². The third-order valence-corrected chi connectivity index (χ3v) is 2.92. The van der Waals surface area contributed by atoms with Crippen molar-refractivity contribution >= 4 is 28.5 Å². The number of halogens is 1. The fourth-order valence-corrected chi connectivity index (χ4v) is 2.25. The predicted octanol–water partition coefficient (Wildman–Crippen LogP) is 2.84. The van der Waals surface area contributed by atoms with Crippen molar-refractivity contribution in [1.29, 1.82) is 0 Å². The van der Waals surface area contributed by atoms with Gasteiger partial charge in [0.2, 0.25) is 0 Å². The Morgan fingerprint density at radius 1 is 1.47 bits per heavy atom. The van der Waals surface area contributed by atoms with Crippen LogP contribution in [0.2, 0.25) is 5.02 Å². The van der Waals surface area contributed by atoms with E-state index < -0.39 is 5.97 Å². The van der Waals surface area contributed by atoms with Gasteiger partial charge in [0.15, 0.2) is 0 Å². The number of aromatic carboxylic acids is 1. The van der Waals surface area contributed by atoms with Gasteiger partial charge in [0.1, 0.15) is 5.69 Å². The third-order valence-electron chi connectivity index (χ3n) is 2.62. The van der Waals surface area contributed by atoms with Gasteiger partial charge in [-0.3, -0.25) is 0 Å². The molecule has 0 aliphatic rings. The highest BCUT2D eigenvalue weighted by atomic mass is 35.5. The summed E-state index contributed by atoms with van der Waals surface area (Å²) in [6.07, 6.45) is 0. The SMILES string of the molecule is Cc1c(C(=O)O)n(C)c2c(Cl)cccc12. The highest BCUT2D eigenvalue weighted by Crippen LogP contribution is 2.29. The van der Waals surface area contributed by atoms with E-state index in [2.05, 4.69) is 0 Å². The number of carboxylic acids is 1. The second kappa shape index (κ2) is 3.28. The highest BCUT2D eigenvalue weighted by Gasteiger charge is 2.18. The monoisotopic (exact) mass is 223 g/mol. The van der Waals surface area contributed by atoms with Gasteiger partial charge in [-0.05, 0) is 18.6 Å². The molecule has 0 saturated carbocycles. The first kappa shape index (κ1) is 10.1. The highest BCUT2D eigenvalue weighted by molar-refractivity contribution is 6.35. The minimum absolute atomic E-state index is 0.290. The average molecular weight is 224 g/mol. The molecule has 0 spiro atoms. The summed E-state index contributed by atoms with van der Waals surface area (Å²) < 4.78 is 1.62. The van der Waals surface area contributed by atoms with Crippen molar-refractivity contribution in [2.75, 3.05) is 0 Å². The van der Waals surface area contributed by atoms with Crippen LogP contribution in [-0.2, 0) is 7.05 Å². The lowest BCUT2D eigenvalue weighted by Crippen LogP contribution is -2.05. The van der Waals surface area contributed by atoms with Crippen molar-refractivity contribution < 1.29 is 9.90 Å². The Kier molecular flexibility index (Phi) is 2.20. The molecule has 0 atom stereocenters. The molecule has 0 amide bonds. The maximum Gasteiger partial charge on any atom is 0.352 e. The number of hydrogen-bond acceptors (Lipinski definition) is 1. The second-order valence-corrected chi connectivity index (χ2v) is 3.88. The molecular weight excluding hydrogens is 214 g/mol. The number of benzene rings is 1. The van der Waals surface area contributed by atoms with Crippen LogP contribution in [0.1, 0.15) is 16.1 Å². The summed E-state index contributed by atoms with van der Waals surface area (Å²) in [5.41, 5.74) is 1.81. The van der Waals surface area contributed by atoms with E-state index >= 15 is 0 Å². The summed E-state index contributed by atoms with van der Waals surface area (Å²) in [5.74, 6) is -0.928. The molecule has 2 aromatic rings. The lowest BCUT2D eigenvalue weighted by Gasteiger charge is -2.00. The molecular formula is C11H10ClNO2. The molecule has 0 aliphatic heterocycles. The molecule has 1 heterocycles. The lowest BCUT2D eigenvalue weighted by molar-refractivity contribution is 0.0686. The zero-order chi connectivity index (χ0) is 11.2. The molecule has 0 saturated heterocycles. The van der Waals surface area contributed by atoms with Crippen LogP contribution in [0.25, 0.3) is 10.9 Å². The number of para-hydroxylation sites is 1. The number of rotatable bonds is 1. The Bertz CT molecular complexity index is 557. The van der Waals surface area contributed by atoms with Gasteiger partial charge in [-0.15, -0.1) is 0 Å². The molecule has 15 heavy (non-hydrogen) atoms. The molecule has 2 rings (SSSR count). The molecule has 0 unspecified atom stereocenters. The summed E-state index contributed by atoms with van der Waals surface area (Å²) >= 11 is 6.04. The minimum atomic E-state index is -0.928. The lowest BCUT2D eigenvalue weighted by atomic mass is 10.1. The van der Waals surface area contributed by atoms with Crippen LogP contribution in [0.5, 0.6) is 0 Å². The molecule has 0 fully saturated rings. The Morgan fingerprint density at radius 2 is 2.13 bits per heavy atom. The van der Waals surface area contributed by atoms with Gasteiger partial charge in [0.05, 0.1) is 10.5 Å². The van der Waals surface area contributed by atoms with Gasteiger partial charge >= 0.3 is 5.97 Å². The summed E-state index contributed by atoms with van der Waals surface area (Å²) in [6.45, 7) is 1.79. The number of fused-ring (bicyclic) bond motifs is 1. The third kappa shape index (κ3) is 1.31. The van der Waals surface area contributed by atoms with E-state index in [0.29, 0.717) is 5.02 Å². The molecule has 0 aliphatic carbocycles. The molecule has 1 aromatic carbocycles. The molecule has 1 aromatic heterocycles. The van der Waals surface area contributed by atoms with Gasteiger partial charge in [0.25, 0.3) is 0 Å². The molecule has 78 valence electrons. The topological polar surface area (TPSA) is 42.2 Å². The van der Waals surface area contributed by atoms with E-state index in [4.69, 9.17) is 16.7 Å². The zero-order valence-electron chi connectivity index (χ0n) is 8.41. The Labute approximate surface area is 91.9 Å². The maximum absolute atomic E-state index is 11.1. The van der Waals surface area contributed by atoms with E-state index in [-0.39, 0.29) is 5.69 Å². The number of carboxylic acid groups (broad SMARTS) is 1. The minimum Gasteiger partial charge on any atom is -0.477 e. The Morgan fingerprint density at radius 3 is 2.67 bits per heavy atom. The van der Waals surface area contributed by atoms with Crippen molar-refractivity contribution in [1.82, 2.24) is 4.57 Å². The molecule has 4 heteroatoms. The molecule has 0 bridgehead atoms. The van der Waals surface area contributed by atoms with Crippen LogP contribution in [0.4, 0.5) is 0 Å². The fourth-order valence-electron chi connectivity index (χ4n) is 1.95. The summed E-state index contributed by atoms with van der Waals surface area (Å²) in [5, 5.41) is 10.5. The van der Waals surface area contributed by atoms with Crippen molar-refractivity contribution in [3.8, 4) is 0 Å². The normalized spacial score (nSPS) is 10.9. The second-order valence-electron chi connectivity index (χ2n) is 3.47. The van der Waals surface area contributed by atoms with Crippen molar-refractivity contribution in [3.05, 3.63) is 34.5 Å². The quantitative estimate of drug-likeness (QED) is 0.808. The van der Waals surface area contributed by atoms with E-state index in [1.54, 1.807) is 24.6 Å². The zero-order valence-corrected chi connectivity index (χ0v) is 9.17. The number of aryl methyl sites for hydroxylation is 2. The first-order valence-corrected chi connectivity index (χ1v) is 4.88. The first-order chi connectivity index (χ1) is 7.04. The molecule has 1 N–H and O–H groups in total. The van der Waals surface area contributed by atoms with Gasteiger partial charge in [-0.2, -0.15) is 0 Å². The van der Waals surface area contributed by atoms with Crippen LogP contribution >= 0.6 is 11.6 Å². The van der Waals surface area contributed by atoms with E-state index in [1.807, 2.05) is 12.1 Å². The molecule has 3 nitrogen and oxygen atoms in total. The summed E-state index contributed by atoms with van der Waals surface area (Å²) in [7, 11) is 1.71. The van der Waals surface area contributed by atoms with Crippen LogP contribution in [-0.4, -0.2) is 15.6 Å². The Hall–Kier alpha value is -1.48. The number of aromatic nitrogens is 1. The number of hydrogen-bond donors (Lipinski definition) is 1.